The van der Waals surface area contributed by atoms with Gasteiger partial charge in [0.2, 0.25) is 0 Å². The lowest BCUT2D eigenvalue weighted by Gasteiger charge is -2.27. The Kier molecular flexibility index (Phi) is 6.14. The van der Waals surface area contributed by atoms with Crippen LogP contribution in [-0.4, -0.2) is 6.29 Å². The van der Waals surface area contributed by atoms with Crippen LogP contribution < -0.4 is 0 Å². The summed E-state index contributed by atoms with van der Waals surface area (Å²) in [5.41, 5.74) is 4.56. The van der Waals surface area contributed by atoms with Gasteiger partial charge in [0.1, 0.15) is 6.29 Å². The van der Waals surface area contributed by atoms with E-state index in [0.29, 0.717) is 5.92 Å². The van der Waals surface area contributed by atoms with E-state index in [4.69, 9.17) is 0 Å². The van der Waals surface area contributed by atoms with Crippen LogP contribution in [0, 0.1) is 0 Å². The quantitative estimate of drug-likeness (QED) is 0.379. The van der Waals surface area contributed by atoms with Gasteiger partial charge < -0.3 is 0 Å². The summed E-state index contributed by atoms with van der Waals surface area (Å²) in [6.07, 6.45) is 6.19. The van der Waals surface area contributed by atoms with E-state index in [-0.39, 0.29) is 5.41 Å². The number of carbonyl (C=O) groups excluding carboxylic acids is 1. The summed E-state index contributed by atoms with van der Waals surface area (Å²) in [6.45, 7) is 12.7. The highest BCUT2D eigenvalue weighted by Crippen LogP contribution is 2.33. The molecule has 0 bridgehead atoms. The van der Waals surface area contributed by atoms with Crippen LogP contribution >= 0.6 is 0 Å². The van der Waals surface area contributed by atoms with E-state index < -0.39 is 0 Å². The van der Waals surface area contributed by atoms with Crippen molar-refractivity contribution in [2.45, 2.75) is 59.3 Å². The van der Waals surface area contributed by atoms with Gasteiger partial charge in [0, 0.05) is 5.41 Å². The van der Waals surface area contributed by atoms with Crippen molar-refractivity contribution in [3.8, 4) is 0 Å². The highest BCUT2D eigenvalue weighted by atomic mass is 16.1. The van der Waals surface area contributed by atoms with E-state index in [2.05, 4.69) is 71.0 Å². The minimum absolute atomic E-state index is 0.146. The Balaban J connectivity index is 3.32. The minimum atomic E-state index is -0.146. The minimum Gasteiger partial charge on any atom is -0.298 e. The Morgan fingerprint density at radius 2 is 1.90 bits per heavy atom. The summed E-state index contributed by atoms with van der Waals surface area (Å²) in [7, 11) is 0. The number of rotatable bonds is 6. The highest BCUT2D eigenvalue weighted by molar-refractivity contribution is 5.72. The zero-order valence-corrected chi connectivity index (χ0v) is 14.2. The van der Waals surface area contributed by atoms with E-state index in [1.165, 1.54) is 16.7 Å². The van der Waals surface area contributed by atoms with Gasteiger partial charge in [0.25, 0.3) is 0 Å². The lowest BCUT2D eigenvalue weighted by atomic mass is 9.77. The maximum absolute atomic E-state index is 11.0. The Bertz CT molecular complexity index is 545. The number of carbonyl (C=O) groups is 1. The van der Waals surface area contributed by atoms with Crippen molar-refractivity contribution in [2.24, 2.45) is 0 Å². The van der Waals surface area contributed by atoms with Crippen LogP contribution in [0.15, 0.2) is 47.6 Å². The van der Waals surface area contributed by atoms with Crippen molar-refractivity contribution < 1.29 is 4.79 Å². The molecule has 0 aromatic heterocycles. The van der Waals surface area contributed by atoms with Crippen molar-refractivity contribution in [1.82, 2.24) is 0 Å². The van der Waals surface area contributed by atoms with Gasteiger partial charge in [-0.1, -0.05) is 62.8 Å². The third-order valence-electron chi connectivity index (χ3n) is 3.88. The van der Waals surface area contributed by atoms with Crippen LogP contribution in [0.4, 0.5) is 0 Å². The zero-order valence-electron chi connectivity index (χ0n) is 14.2. The molecule has 0 aliphatic heterocycles. The third kappa shape index (κ3) is 5.00. The van der Waals surface area contributed by atoms with Crippen LogP contribution in [0.2, 0.25) is 0 Å². The van der Waals surface area contributed by atoms with E-state index >= 15 is 0 Å². The first-order chi connectivity index (χ1) is 9.78. The Hall–Kier alpha value is -1.63. The van der Waals surface area contributed by atoms with Crippen LogP contribution in [0.5, 0.6) is 0 Å². The van der Waals surface area contributed by atoms with Crippen molar-refractivity contribution in [3.05, 3.63) is 58.7 Å². The topological polar surface area (TPSA) is 17.1 Å². The molecule has 0 amide bonds. The maximum Gasteiger partial charge on any atom is 0.145 e. The predicted molar refractivity (Wildman–Crippen MR) is 91.8 cm³/mol. The molecule has 0 spiro atoms. The molecule has 1 rings (SSSR count). The molecule has 0 heterocycles. The van der Waals surface area contributed by atoms with Gasteiger partial charge >= 0.3 is 0 Å². The molecule has 0 radical (unpaired) electrons. The Morgan fingerprint density at radius 3 is 2.43 bits per heavy atom. The molecule has 1 aromatic rings. The molecule has 1 nitrogen and oxygen atoms in total. The molecular formula is C20H28O. The lowest BCUT2D eigenvalue weighted by molar-refractivity contribution is -0.104. The fourth-order valence-electron chi connectivity index (χ4n) is 2.47. The fourth-order valence-corrected chi connectivity index (χ4v) is 2.47. The summed E-state index contributed by atoms with van der Waals surface area (Å²) in [4.78, 5) is 11.0. The summed E-state index contributed by atoms with van der Waals surface area (Å²) in [6, 6.07) is 8.73. The maximum atomic E-state index is 11.0. The van der Waals surface area contributed by atoms with Gasteiger partial charge in [-0.3, -0.25) is 4.79 Å². The molecule has 1 heteroatoms. The molecule has 0 saturated carbocycles. The first-order valence-electron chi connectivity index (χ1n) is 7.67. The monoisotopic (exact) mass is 284 g/mol. The van der Waals surface area contributed by atoms with Crippen LogP contribution in [0.1, 0.15) is 65.0 Å². The van der Waals surface area contributed by atoms with Crippen LogP contribution in [0.25, 0.3) is 0 Å². The molecular weight excluding hydrogens is 256 g/mol. The smallest absolute Gasteiger partial charge is 0.145 e. The van der Waals surface area contributed by atoms with Gasteiger partial charge in [-0.15, -0.1) is 0 Å². The zero-order chi connectivity index (χ0) is 16.0. The molecule has 0 saturated heterocycles. The van der Waals surface area contributed by atoms with Crippen molar-refractivity contribution >= 4 is 6.29 Å². The van der Waals surface area contributed by atoms with E-state index in [1.807, 2.05) is 6.92 Å². The first kappa shape index (κ1) is 17.4. The van der Waals surface area contributed by atoms with Gasteiger partial charge in [-0.2, -0.15) is 0 Å². The second-order valence-electron chi connectivity index (χ2n) is 6.69. The highest BCUT2D eigenvalue weighted by Gasteiger charge is 2.23. The summed E-state index contributed by atoms with van der Waals surface area (Å²) < 4.78 is 0. The number of hydrogen-bond acceptors (Lipinski definition) is 1. The standard InChI is InChI=1S/C20H28O/c1-15(2)10-11-20(6,13-17(5)14-21)19-9-7-8-18(12-19)16(3)4/h7-10,12-14,16H,11H2,1-6H3/b17-13+. The average molecular weight is 284 g/mol. The Morgan fingerprint density at radius 1 is 1.24 bits per heavy atom. The van der Waals surface area contributed by atoms with Crippen molar-refractivity contribution in [3.63, 3.8) is 0 Å². The van der Waals surface area contributed by atoms with Gasteiger partial charge in [-0.05, 0) is 49.8 Å². The van der Waals surface area contributed by atoms with E-state index in [9.17, 15) is 4.79 Å². The van der Waals surface area contributed by atoms with E-state index in [0.717, 1.165) is 18.3 Å². The van der Waals surface area contributed by atoms with Gasteiger partial charge in [0.05, 0.1) is 0 Å². The SMILES string of the molecule is CC(C)=CCC(C)(/C=C(\C)C=O)c1cccc(C(C)C)c1. The Labute approximate surface area is 129 Å². The summed E-state index contributed by atoms with van der Waals surface area (Å²) >= 11 is 0. The number of hydrogen-bond donors (Lipinski definition) is 0. The van der Waals surface area contributed by atoms with Crippen molar-refractivity contribution in [1.29, 1.82) is 0 Å². The van der Waals surface area contributed by atoms with Gasteiger partial charge in [-0.25, -0.2) is 0 Å². The summed E-state index contributed by atoms with van der Waals surface area (Å²) in [5, 5.41) is 0. The lowest BCUT2D eigenvalue weighted by Crippen LogP contribution is -2.19. The second kappa shape index (κ2) is 7.40. The fraction of sp³-hybridized carbons (Fsp3) is 0.450. The van der Waals surface area contributed by atoms with E-state index in [1.54, 1.807) is 0 Å². The molecule has 114 valence electrons. The third-order valence-corrected chi connectivity index (χ3v) is 3.88. The molecule has 21 heavy (non-hydrogen) atoms. The average Bonchev–Trinajstić information content (AvgIpc) is 2.45. The molecule has 0 aliphatic carbocycles. The predicted octanol–water partition coefficient (Wildman–Crippen LogP) is 5.57. The number of aldehydes is 1. The molecule has 1 unspecified atom stereocenters. The van der Waals surface area contributed by atoms with Crippen molar-refractivity contribution in [2.75, 3.05) is 0 Å². The van der Waals surface area contributed by atoms with Crippen LogP contribution in [0.3, 0.4) is 0 Å². The molecule has 1 atom stereocenters. The normalized spacial score (nSPS) is 14.7. The largest absolute Gasteiger partial charge is 0.298 e. The molecule has 0 N–H and O–H groups in total. The summed E-state index contributed by atoms with van der Waals surface area (Å²) in [5.74, 6) is 0.508. The number of allylic oxidation sites excluding steroid dienone is 4. The van der Waals surface area contributed by atoms with Crippen LogP contribution in [-0.2, 0) is 10.2 Å². The number of benzene rings is 1. The molecule has 1 aromatic carbocycles. The van der Waals surface area contributed by atoms with Gasteiger partial charge in [0.15, 0.2) is 0 Å². The first-order valence-corrected chi connectivity index (χ1v) is 7.67. The second-order valence-corrected chi connectivity index (χ2v) is 6.69. The molecule has 0 aliphatic rings. The molecule has 0 fully saturated rings.